The molecule has 0 unspecified atom stereocenters. The normalized spacial score (nSPS) is 11.7. The highest BCUT2D eigenvalue weighted by Crippen LogP contribution is 2.30. The third-order valence-corrected chi connectivity index (χ3v) is 6.84. The van der Waals surface area contributed by atoms with Gasteiger partial charge in [-0.25, -0.2) is 17.7 Å². The predicted octanol–water partition coefficient (Wildman–Crippen LogP) is 3.36. The largest absolute Gasteiger partial charge is 0.298 e. The highest BCUT2D eigenvalue weighted by molar-refractivity contribution is 7.89. The Bertz CT molecular complexity index is 1210. The SMILES string of the molecule is CN(C)S(=O)(=O)c1ccc(Cl)c(C(=O)Nc2nc3ccc([N+](=O)[O-])cc3s2)c1. The van der Waals surface area contributed by atoms with Crippen LogP contribution in [0.25, 0.3) is 10.2 Å². The van der Waals surface area contributed by atoms with E-state index in [2.05, 4.69) is 10.3 Å². The van der Waals surface area contributed by atoms with Crippen LogP contribution < -0.4 is 5.32 Å². The van der Waals surface area contributed by atoms with Crippen molar-refractivity contribution in [3.8, 4) is 0 Å². The summed E-state index contributed by atoms with van der Waals surface area (Å²) in [5.74, 6) is -0.644. The molecular formula is C16H13ClN4O5S2. The van der Waals surface area contributed by atoms with Gasteiger partial charge in [0.15, 0.2) is 5.13 Å². The van der Waals surface area contributed by atoms with E-state index in [-0.39, 0.29) is 26.3 Å². The van der Waals surface area contributed by atoms with Crippen LogP contribution in [-0.4, -0.2) is 42.6 Å². The minimum Gasteiger partial charge on any atom is -0.298 e. The lowest BCUT2D eigenvalue weighted by Crippen LogP contribution is -2.23. The van der Waals surface area contributed by atoms with Crippen LogP contribution in [0.3, 0.4) is 0 Å². The lowest BCUT2D eigenvalue weighted by atomic mass is 10.2. The Kier molecular flexibility index (Phi) is 5.35. The molecule has 2 aromatic carbocycles. The maximum Gasteiger partial charge on any atom is 0.270 e. The zero-order chi connectivity index (χ0) is 20.6. The fourth-order valence-corrected chi connectivity index (χ4v) is 4.32. The van der Waals surface area contributed by atoms with Crippen LogP contribution in [0.5, 0.6) is 0 Å². The highest BCUT2D eigenvalue weighted by atomic mass is 35.5. The van der Waals surface area contributed by atoms with Crippen molar-refractivity contribution in [1.29, 1.82) is 0 Å². The number of non-ortho nitro benzene ring substituents is 1. The third-order valence-electron chi connectivity index (χ3n) is 3.76. The van der Waals surface area contributed by atoms with Gasteiger partial charge >= 0.3 is 0 Å². The van der Waals surface area contributed by atoms with Crippen molar-refractivity contribution < 1.29 is 18.1 Å². The number of nitrogens with one attached hydrogen (secondary N) is 1. The molecule has 146 valence electrons. The second kappa shape index (κ2) is 7.43. The quantitative estimate of drug-likeness (QED) is 0.479. The van der Waals surface area contributed by atoms with E-state index in [0.717, 1.165) is 15.6 Å². The fourth-order valence-electron chi connectivity index (χ4n) is 2.29. The van der Waals surface area contributed by atoms with Gasteiger partial charge in [0.1, 0.15) is 0 Å². The number of carbonyl (C=O) groups excluding carboxylic acids is 1. The van der Waals surface area contributed by atoms with Gasteiger partial charge in [0.05, 0.1) is 30.6 Å². The molecule has 12 heteroatoms. The third kappa shape index (κ3) is 3.83. The number of amides is 1. The van der Waals surface area contributed by atoms with Crippen LogP contribution >= 0.6 is 22.9 Å². The van der Waals surface area contributed by atoms with Gasteiger partial charge in [-0.05, 0) is 24.3 Å². The number of halogens is 1. The average molecular weight is 441 g/mol. The molecule has 3 aromatic rings. The summed E-state index contributed by atoms with van der Waals surface area (Å²) in [5.41, 5.74) is 0.370. The molecule has 0 saturated carbocycles. The monoisotopic (exact) mass is 440 g/mol. The first-order valence-electron chi connectivity index (χ1n) is 7.68. The van der Waals surface area contributed by atoms with Gasteiger partial charge in [-0.1, -0.05) is 22.9 Å². The van der Waals surface area contributed by atoms with Crippen molar-refractivity contribution in [2.24, 2.45) is 0 Å². The summed E-state index contributed by atoms with van der Waals surface area (Å²) in [5, 5.41) is 13.7. The number of thiazole rings is 1. The molecule has 1 aromatic heterocycles. The second-order valence-electron chi connectivity index (χ2n) is 5.81. The summed E-state index contributed by atoms with van der Waals surface area (Å²) in [6.07, 6.45) is 0. The number of benzene rings is 2. The Morgan fingerprint density at radius 2 is 1.96 bits per heavy atom. The molecule has 28 heavy (non-hydrogen) atoms. The highest BCUT2D eigenvalue weighted by Gasteiger charge is 2.21. The number of sulfonamides is 1. The smallest absolute Gasteiger partial charge is 0.270 e. The van der Waals surface area contributed by atoms with Crippen molar-refractivity contribution in [2.75, 3.05) is 19.4 Å². The van der Waals surface area contributed by atoms with E-state index in [0.29, 0.717) is 10.2 Å². The van der Waals surface area contributed by atoms with Crippen molar-refractivity contribution in [2.45, 2.75) is 4.90 Å². The van der Waals surface area contributed by atoms with Gasteiger partial charge in [0, 0.05) is 26.2 Å². The maximum absolute atomic E-state index is 12.6. The summed E-state index contributed by atoms with van der Waals surface area (Å²) >= 11 is 7.12. The Morgan fingerprint density at radius 3 is 2.61 bits per heavy atom. The number of hydrogen-bond acceptors (Lipinski definition) is 7. The summed E-state index contributed by atoms with van der Waals surface area (Å²) in [7, 11) is -0.980. The lowest BCUT2D eigenvalue weighted by Gasteiger charge is -2.13. The van der Waals surface area contributed by atoms with E-state index in [9.17, 15) is 23.3 Å². The van der Waals surface area contributed by atoms with Crippen LogP contribution in [0.2, 0.25) is 5.02 Å². The zero-order valence-electron chi connectivity index (χ0n) is 14.5. The number of fused-ring (bicyclic) bond motifs is 1. The molecular weight excluding hydrogens is 428 g/mol. The molecule has 9 nitrogen and oxygen atoms in total. The second-order valence-corrected chi connectivity index (χ2v) is 9.40. The summed E-state index contributed by atoms with van der Waals surface area (Å²) in [6, 6.07) is 7.99. The molecule has 1 heterocycles. The number of hydrogen-bond donors (Lipinski definition) is 1. The van der Waals surface area contributed by atoms with Crippen LogP contribution in [0, 0.1) is 10.1 Å². The van der Waals surface area contributed by atoms with Crippen LogP contribution in [0.15, 0.2) is 41.3 Å². The van der Waals surface area contributed by atoms with Crippen LogP contribution in [0.1, 0.15) is 10.4 Å². The lowest BCUT2D eigenvalue weighted by molar-refractivity contribution is -0.384. The molecule has 0 aliphatic heterocycles. The molecule has 0 spiro atoms. The Balaban J connectivity index is 1.93. The van der Waals surface area contributed by atoms with Gasteiger partial charge in [0.25, 0.3) is 11.6 Å². The molecule has 0 atom stereocenters. The van der Waals surface area contributed by atoms with Crippen LogP contribution in [-0.2, 0) is 10.0 Å². The number of nitro groups is 1. The number of anilines is 1. The van der Waals surface area contributed by atoms with E-state index in [1.807, 2.05) is 0 Å². The first-order chi connectivity index (χ1) is 13.1. The van der Waals surface area contributed by atoms with Gasteiger partial charge in [-0.3, -0.25) is 20.2 Å². The molecule has 3 rings (SSSR count). The molecule has 0 aliphatic rings. The molecule has 0 aliphatic carbocycles. The van der Waals surface area contributed by atoms with Crippen molar-refractivity contribution >= 4 is 59.9 Å². The summed E-state index contributed by atoms with van der Waals surface area (Å²) in [4.78, 5) is 27.1. The van der Waals surface area contributed by atoms with Gasteiger partial charge in [0.2, 0.25) is 10.0 Å². The molecule has 1 amide bonds. The van der Waals surface area contributed by atoms with Crippen molar-refractivity contribution in [1.82, 2.24) is 9.29 Å². The Morgan fingerprint density at radius 1 is 1.25 bits per heavy atom. The topological polar surface area (TPSA) is 123 Å². The van der Waals surface area contributed by atoms with Gasteiger partial charge in [-0.2, -0.15) is 0 Å². The van der Waals surface area contributed by atoms with E-state index >= 15 is 0 Å². The van der Waals surface area contributed by atoms with E-state index in [1.54, 1.807) is 0 Å². The molecule has 0 saturated heterocycles. The minimum atomic E-state index is -3.74. The first kappa shape index (κ1) is 20.1. The number of nitrogens with zero attached hydrogens (tertiary/aromatic N) is 3. The number of aromatic nitrogens is 1. The molecule has 0 bridgehead atoms. The Hall–Kier alpha value is -2.60. The molecule has 1 N–H and O–H groups in total. The first-order valence-corrected chi connectivity index (χ1v) is 10.3. The maximum atomic E-state index is 12.6. The Labute approximate surface area is 168 Å². The van der Waals surface area contributed by atoms with Gasteiger partial charge in [-0.15, -0.1) is 0 Å². The van der Waals surface area contributed by atoms with Crippen LogP contribution in [0.4, 0.5) is 10.8 Å². The predicted molar refractivity (Wildman–Crippen MR) is 107 cm³/mol. The minimum absolute atomic E-state index is 0.0326. The number of rotatable bonds is 5. The van der Waals surface area contributed by atoms with E-state index in [4.69, 9.17) is 11.6 Å². The van der Waals surface area contributed by atoms with Crippen molar-refractivity contribution in [3.63, 3.8) is 0 Å². The summed E-state index contributed by atoms with van der Waals surface area (Å²) in [6.45, 7) is 0. The van der Waals surface area contributed by atoms with Crippen molar-refractivity contribution in [3.05, 3.63) is 57.1 Å². The molecule has 0 fully saturated rings. The summed E-state index contributed by atoms with van der Waals surface area (Å²) < 4.78 is 26.1. The van der Waals surface area contributed by atoms with Gasteiger partial charge < -0.3 is 0 Å². The average Bonchev–Trinajstić information content (AvgIpc) is 3.02. The standard InChI is InChI=1S/C16H13ClN4O5S2/c1-20(2)28(25,26)10-4-5-12(17)11(8-10)15(22)19-16-18-13-6-3-9(21(23)24)7-14(13)27-16/h3-8H,1-2H3,(H,18,19,22). The molecule has 0 radical (unpaired) electrons. The zero-order valence-corrected chi connectivity index (χ0v) is 16.9. The van der Waals surface area contributed by atoms with E-state index in [1.165, 1.54) is 50.5 Å². The number of carbonyl (C=O) groups is 1. The number of nitro benzene ring substituents is 1. The fraction of sp³-hybridized carbons (Fsp3) is 0.125. The van der Waals surface area contributed by atoms with E-state index < -0.39 is 20.9 Å².